The molecule has 0 unspecified atom stereocenters. The molecule has 7 nitrogen and oxygen atoms in total. The highest BCUT2D eigenvalue weighted by Gasteiger charge is 2.15. The Bertz CT molecular complexity index is 915. The Balaban J connectivity index is 2.04. The molecule has 7 heteroatoms. The van der Waals surface area contributed by atoms with E-state index in [2.05, 4.69) is 9.98 Å². The quantitative estimate of drug-likeness (QED) is 0.454. The predicted octanol–water partition coefficient (Wildman–Crippen LogP) is 3.42. The van der Waals surface area contributed by atoms with Crippen molar-refractivity contribution in [1.29, 1.82) is 0 Å². The number of hydrogen-bond donors (Lipinski definition) is 1. The average Bonchev–Trinajstić information content (AvgIpc) is 2.91. The Kier molecular flexibility index (Phi) is 3.76. The van der Waals surface area contributed by atoms with E-state index in [4.69, 9.17) is 0 Å². The molecular formula is C16H14N4O3. The van der Waals surface area contributed by atoms with Crippen molar-refractivity contribution in [2.75, 3.05) is 0 Å². The molecule has 0 aliphatic heterocycles. The average molecular weight is 310 g/mol. The van der Waals surface area contributed by atoms with Crippen LogP contribution in [-0.2, 0) is 6.54 Å². The van der Waals surface area contributed by atoms with E-state index in [1.54, 1.807) is 6.07 Å². The van der Waals surface area contributed by atoms with E-state index in [9.17, 15) is 15.2 Å². The van der Waals surface area contributed by atoms with Crippen LogP contribution in [0.15, 0.2) is 47.5 Å². The van der Waals surface area contributed by atoms with E-state index in [0.717, 1.165) is 11.0 Å². The minimum atomic E-state index is -0.631. The molecule has 0 saturated heterocycles. The smallest absolute Gasteiger partial charge is 0.311 e. The van der Waals surface area contributed by atoms with Gasteiger partial charge in [0.05, 0.1) is 16.0 Å². The van der Waals surface area contributed by atoms with Crippen LogP contribution >= 0.6 is 0 Å². The van der Waals surface area contributed by atoms with E-state index in [-0.39, 0.29) is 11.3 Å². The van der Waals surface area contributed by atoms with Crippen molar-refractivity contribution >= 4 is 28.9 Å². The van der Waals surface area contributed by atoms with Crippen molar-refractivity contribution < 1.29 is 10.0 Å². The lowest BCUT2D eigenvalue weighted by Gasteiger charge is -2.02. The first-order valence-electron chi connectivity index (χ1n) is 7.07. The summed E-state index contributed by atoms with van der Waals surface area (Å²) in [6, 6.07) is 12.0. The highest BCUT2D eigenvalue weighted by atomic mass is 16.6. The molecule has 0 aliphatic rings. The second kappa shape index (κ2) is 5.88. The van der Waals surface area contributed by atoms with Crippen LogP contribution in [0.5, 0.6) is 5.75 Å². The third kappa shape index (κ3) is 2.64. The fraction of sp³-hybridized carbons (Fsp3) is 0.125. The molecule has 3 rings (SSSR count). The SMILES string of the molecule is CCn1c(/N=C/c2cccc([N+](=O)[O-])c2O)nc2ccccc21. The van der Waals surface area contributed by atoms with Gasteiger partial charge in [-0.1, -0.05) is 18.2 Å². The number of nitro benzene ring substituents is 1. The standard InChI is InChI=1S/C16H14N4O3/c1-2-19-13-8-4-3-7-12(13)18-16(19)17-10-11-6-5-9-14(15(11)21)20(22)23/h3-10,21H,2H2,1H3/b17-10+. The highest BCUT2D eigenvalue weighted by Crippen LogP contribution is 2.29. The summed E-state index contributed by atoms with van der Waals surface area (Å²) in [5, 5.41) is 20.8. The first kappa shape index (κ1) is 14.7. The molecule has 0 fully saturated rings. The van der Waals surface area contributed by atoms with Crippen LogP contribution in [0.4, 0.5) is 11.6 Å². The van der Waals surface area contributed by atoms with Gasteiger partial charge in [0.25, 0.3) is 0 Å². The number of phenols is 1. The molecule has 1 heterocycles. The Labute approximate surface area is 131 Å². The lowest BCUT2D eigenvalue weighted by Crippen LogP contribution is -1.94. The van der Waals surface area contributed by atoms with Gasteiger partial charge in [-0.15, -0.1) is 0 Å². The molecule has 1 N–H and O–H groups in total. The maximum atomic E-state index is 10.9. The number of aryl methyl sites for hydroxylation is 1. The van der Waals surface area contributed by atoms with Crippen LogP contribution in [-0.4, -0.2) is 25.8 Å². The molecule has 2 aromatic carbocycles. The first-order valence-corrected chi connectivity index (χ1v) is 7.07. The topological polar surface area (TPSA) is 93.5 Å². The van der Waals surface area contributed by atoms with E-state index < -0.39 is 10.7 Å². The molecule has 0 atom stereocenters. The second-order valence-electron chi connectivity index (χ2n) is 4.88. The lowest BCUT2D eigenvalue weighted by atomic mass is 10.2. The van der Waals surface area contributed by atoms with Crippen LogP contribution in [0.25, 0.3) is 11.0 Å². The van der Waals surface area contributed by atoms with Crippen LogP contribution in [0.1, 0.15) is 12.5 Å². The fourth-order valence-electron chi connectivity index (χ4n) is 2.40. The zero-order chi connectivity index (χ0) is 16.4. The summed E-state index contributed by atoms with van der Waals surface area (Å²) in [7, 11) is 0. The number of fused-ring (bicyclic) bond motifs is 1. The van der Waals surface area contributed by atoms with Crippen molar-refractivity contribution in [3.05, 3.63) is 58.1 Å². The minimum Gasteiger partial charge on any atom is -0.502 e. The molecule has 3 aromatic rings. The summed E-state index contributed by atoms with van der Waals surface area (Å²) in [6.45, 7) is 2.67. The zero-order valence-electron chi connectivity index (χ0n) is 12.4. The number of para-hydroxylation sites is 3. The van der Waals surface area contributed by atoms with Crippen molar-refractivity contribution in [1.82, 2.24) is 9.55 Å². The summed E-state index contributed by atoms with van der Waals surface area (Å²) >= 11 is 0. The van der Waals surface area contributed by atoms with Crippen molar-refractivity contribution in [3.8, 4) is 5.75 Å². The van der Waals surface area contributed by atoms with Crippen molar-refractivity contribution in [2.45, 2.75) is 13.5 Å². The third-order valence-corrected chi connectivity index (χ3v) is 3.51. The summed E-state index contributed by atoms with van der Waals surface area (Å²) in [6.07, 6.45) is 1.38. The fourth-order valence-corrected chi connectivity index (χ4v) is 2.40. The van der Waals surface area contributed by atoms with Crippen LogP contribution < -0.4 is 0 Å². The Morgan fingerprint density at radius 2 is 2.09 bits per heavy atom. The Hall–Kier alpha value is -3.22. The maximum absolute atomic E-state index is 10.9. The molecular weight excluding hydrogens is 296 g/mol. The molecule has 0 amide bonds. The molecule has 116 valence electrons. The van der Waals surface area contributed by atoms with E-state index >= 15 is 0 Å². The maximum Gasteiger partial charge on any atom is 0.311 e. The van der Waals surface area contributed by atoms with Gasteiger partial charge in [0.1, 0.15) is 0 Å². The second-order valence-corrected chi connectivity index (χ2v) is 4.88. The number of aliphatic imine (C=N–C) groups is 1. The van der Waals surface area contributed by atoms with Gasteiger partial charge >= 0.3 is 5.69 Å². The van der Waals surface area contributed by atoms with Gasteiger partial charge in [0, 0.05) is 24.4 Å². The van der Waals surface area contributed by atoms with Crippen LogP contribution in [0.3, 0.4) is 0 Å². The van der Waals surface area contributed by atoms with Gasteiger partial charge in [0.15, 0.2) is 0 Å². The Morgan fingerprint density at radius 1 is 1.30 bits per heavy atom. The number of aromatic nitrogens is 2. The summed E-state index contributed by atoms with van der Waals surface area (Å²) < 4.78 is 1.93. The number of phenolic OH excluding ortho intramolecular Hbond substituents is 1. The Morgan fingerprint density at radius 3 is 2.83 bits per heavy atom. The third-order valence-electron chi connectivity index (χ3n) is 3.51. The first-order chi connectivity index (χ1) is 11.1. The number of hydrogen-bond acceptors (Lipinski definition) is 5. The van der Waals surface area contributed by atoms with Crippen molar-refractivity contribution in [2.24, 2.45) is 4.99 Å². The summed E-state index contributed by atoms with van der Waals surface area (Å²) in [4.78, 5) is 18.9. The molecule has 0 saturated carbocycles. The van der Waals surface area contributed by atoms with E-state index in [1.165, 1.54) is 18.3 Å². The minimum absolute atomic E-state index is 0.272. The van der Waals surface area contributed by atoms with Gasteiger partial charge in [0.2, 0.25) is 11.7 Å². The zero-order valence-corrected chi connectivity index (χ0v) is 12.4. The molecule has 0 spiro atoms. The van der Waals surface area contributed by atoms with E-state index in [0.29, 0.717) is 12.5 Å². The normalized spacial score (nSPS) is 11.3. The van der Waals surface area contributed by atoms with Gasteiger partial charge < -0.3 is 9.67 Å². The lowest BCUT2D eigenvalue weighted by molar-refractivity contribution is -0.385. The number of rotatable bonds is 4. The summed E-state index contributed by atoms with van der Waals surface area (Å²) in [5.74, 6) is 0.0833. The van der Waals surface area contributed by atoms with Gasteiger partial charge in [-0.25, -0.2) is 9.98 Å². The summed E-state index contributed by atoms with van der Waals surface area (Å²) in [5.41, 5.74) is 1.71. The van der Waals surface area contributed by atoms with Gasteiger partial charge in [-0.2, -0.15) is 0 Å². The van der Waals surface area contributed by atoms with E-state index in [1.807, 2.05) is 35.8 Å². The monoisotopic (exact) mass is 310 g/mol. The molecule has 0 bridgehead atoms. The predicted molar refractivity (Wildman–Crippen MR) is 87.4 cm³/mol. The number of nitro groups is 1. The largest absolute Gasteiger partial charge is 0.502 e. The van der Waals surface area contributed by atoms with Crippen LogP contribution in [0.2, 0.25) is 0 Å². The van der Waals surface area contributed by atoms with Crippen LogP contribution in [0, 0.1) is 10.1 Å². The molecule has 0 radical (unpaired) electrons. The number of benzene rings is 2. The number of imidazole rings is 1. The molecule has 0 aliphatic carbocycles. The van der Waals surface area contributed by atoms with Gasteiger partial charge in [-0.05, 0) is 25.1 Å². The number of nitrogens with zero attached hydrogens (tertiary/aromatic N) is 4. The molecule has 1 aromatic heterocycles. The van der Waals surface area contributed by atoms with Gasteiger partial charge in [-0.3, -0.25) is 10.1 Å². The van der Waals surface area contributed by atoms with Crippen molar-refractivity contribution in [3.63, 3.8) is 0 Å². The molecule has 23 heavy (non-hydrogen) atoms. The highest BCUT2D eigenvalue weighted by molar-refractivity contribution is 5.87. The number of aromatic hydroxyl groups is 1.